The molecular formula is C27H29IN2O6S2. The molecule has 4 rings (SSSR count). The number of halogens is 1. The van der Waals surface area contributed by atoms with Gasteiger partial charge in [0.05, 0.1) is 31.4 Å². The zero-order valence-electron chi connectivity index (χ0n) is 21.3. The fourth-order valence-corrected chi connectivity index (χ4v) is 6.41. The highest BCUT2D eigenvalue weighted by Crippen LogP contribution is 2.48. The van der Waals surface area contributed by atoms with Crippen molar-refractivity contribution in [2.75, 3.05) is 25.7 Å². The van der Waals surface area contributed by atoms with Gasteiger partial charge in [0, 0.05) is 35.7 Å². The van der Waals surface area contributed by atoms with Crippen LogP contribution in [0.4, 0.5) is 5.69 Å². The van der Waals surface area contributed by atoms with E-state index in [1.807, 2.05) is 45.9 Å². The van der Waals surface area contributed by atoms with Crippen LogP contribution >= 0.6 is 23.1 Å². The van der Waals surface area contributed by atoms with Crippen LogP contribution in [0.25, 0.3) is 16.3 Å². The van der Waals surface area contributed by atoms with Gasteiger partial charge in [-0.15, -0.1) is 0 Å². The molecule has 11 heteroatoms. The van der Waals surface area contributed by atoms with Crippen LogP contribution in [0.1, 0.15) is 31.2 Å². The van der Waals surface area contributed by atoms with Crippen molar-refractivity contribution >= 4 is 57.0 Å². The molecule has 1 aliphatic heterocycles. The van der Waals surface area contributed by atoms with Crippen molar-refractivity contribution in [3.8, 4) is 11.5 Å². The largest absolute Gasteiger partial charge is 1.00 e. The van der Waals surface area contributed by atoms with Crippen molar-refractivity contribution in [2.45, 2.75) is 37.6 Å². The first kappa shape index (κ1) is 29.8. The van der Waals surface area contributed by atoms with Crippen LogP contribution < -0.4 is 42.9 Å². The number of benzene rings is 2. The summed E-state index contributed by atoms with van der Waals surface area (Å²) in [5, 5.41) is 20.5. The Balaban J connectivity index is 0.00000400. The maximum Gasteiger partial charge on any atom is 0.309 e. The van der Waals surface area contributed by atoms with Gasteiger partial charge in [-0.25, -0.2) is 0 Å². The number of hydrogen-bond acceptors (Lipinski definition) is 7. The van der Waals surface area contributed by atoms with Crippen molar-refractivity contribution in [2.24, 2.45) is 0 Å². The summed E-state index contributed by atoms with van der Waals surface area (Å²) in [5.41, 5.74) is 2.93. The van der Waals surface area contributed by atoms with Crippen LogP contribution in [-0.2, 0) is 16.1 Å². The minimum Gasteiger partial charge on any atom is -1.00 e. The molecule has 0 spiro atoms. The Morgan fingerprint density at radius 1 is 1.03 bits per heavy atom. The number of allylic oxidation sites excluding steroid dienone is 2. The van der Waals surface area contributed by atoms with E-state index in [1.165, 1.54) is 0 Å². The van der Waals surface area contributed by atoms with E-state index in [4.69, 9.17) is 9.47 Å². The molecule has 2 N–H and O–H groups in total. The fraction of sp³-hybridized carbons (Fsp3) is 0.296. The number of ether oxygens (including phenoxy) is 2. The SMILES string of the molecule is CCC(/C=C1\Sc2ccc(OC)cc2N1CCC(=O)O)=C\c1sc2cc(OC)ccc2[n+]1CCC(=O)O.[I-]. The van der Waals surface area contributed by atoms with Gasteiger partial charge < -0.3 is 48.6 Å². The van der Waals surface area contributed by atoms with Crippen molar-refractivity contribution in [1.82, 2.24) is 0 Å². The summed E-state index contributed by atoms with van der Waals surface area (Å²) in [6.07, 6.45) is 4.94. The molecule has 0 aliphatic carbocycles. The zero-order valence-corrected chi connectivity index (χ0v) is 25.1. The molecule has 0 fully saturated rings. The van der Waals surface area contributed by atoms with Crippen LogP contribution in [0.3, 0.4) is 0 Å². The fourth-order valence-electron chi connectivity index (χ4n) is 4.07. The van der Waals surface area contributed by atoms with Gasteiger partial charge in [-0.2, -0.15) is 4.57 Å². The van der Waals surface area contributed by atoms with E-state index in [1.54, 1.807) is 37.3 Å². The van der Waals surface area contributed by atoms with Crippen molar-refractivity contribution in [3.05, 3.63) is 58.1 Å². The molecule has 2 aromatic carbocycles. The normalized spacial score (nSPS) is 13.9. The molecule has 0 amide bonds. The second-order valence-corrected chi connectivity index (χ2v) is 10.5. The van der Waals surface area contributed by atoms with Gasteiger partial charge in [0.1, 0.15) is 22.6 Å². The van der Waals surface area contributed by atoms with Gasteiger partial charge in [-0.1, -0.05) is 30.0 Å². The molecule has 0 unspecified atom stereocenters. The topological polar surface area (TPSA) is 100 Å². The average Bonchev–Trinajstić information content (AvgIpc) is 3.40. The van der Waals surface area contributed by atoms with Crippen LogP contribution in [0.2, 0.25) is 0 Å². The first-order chi connectivity index (χ1) is 17.8. The van der Waals surface area contributed by atoms with Crippen molar-refractivity contribution < 1.29 is 57.8 Å². The van der Waals surface area contributed by atoms with Crippen LogP contribution in [0.5, 0.6) is 11.5 Å². The molecule has 1 aromatic heterocycles. The standard InChI is InChI=1S/C27H28N2O6S2.HI/c1-4-17(13-24-28(11-9-26(30)31)20-7-5-19(35-3)16-23(20)37-24)14-25-29(12-10-27(32)33)21-15-18(34-2)6-8-22(21)36-25;/h5-8,13-16H,4,9-12H2,1-3H3,(H-,30,31,32,33);1H. The Kier molecular flexibility index (Phi) is 10.5. The first-order valence-electron chi connectivity index (χ1n) is 11.8. The molecule has 0 atom stereocenters. The summed E-state index contributed by atoms with van der Waals surface area (Å²) in [4.78, 5) is 25.8. The molecule has 0 radical (unpaired) electrons. The predicted molar refractivity (Wildman–Crippen MR) is 146 cm³/mol. The van der Waals surface area contributed by atoms with Gasteiger partial charge in [0.15, 0.2) is 6.54 Å². The number of hydrogen-bond donors (Lipinski definition) is 2. The number of nitrogens with zero attached hydrogens (tertiary/aromatic N) is 2. The molecule has 38 heavy (non-hydrogen) atoms. The molecule has 8 nitrogen and oxygen atoms in total. The van der Waals surface area contributed by atoms with Crippen LogP contribution in [0.15, 0.2) is 58.0 Å². The number of fused-ring (bicyclic) bond motifs is 2. The highest BCUT2D eigenvalue weighted by Gasteiger charge is 2.27. The van der Waals surface area contributed by atoms with Crippen molar-refractivity contribution in [3.63, 3.8) is 0 Å². The van der Waals surface area contributed by atoms with Crippen LogP contribution in [-0.4, -0.2) is 42.9 Å². The monoisotopic (exact) mass is 668 g/mol. The number of anilines is 1. The minimum absolute atomic E-state index is 0. The van der Waals surface area contributed by atoms with E-state index in [-0.39, 0.29) is 36.8 Å². The Hall–Kier alpha value is -2.77. The van der Waals surface area contributed by atoms with E-state index < -0.39 is 11.9 Å². The van der Waals surface area contributed by atoms with E-state index in [2.05, 4.69) is 19.1 Å². The maximum absolute atomic E-state index is 11.4. The molecule has 3 aromatic rings. The lowest BCUT2D eigenvalue weighted by atomic mass is 10.2. The molecule has 1 aliphatic rings. The minimum atomic E-state index is -0.855. The second kappa shape index (κ2) is 13.3. The number of aryl methyl sites for hydroxylation is 1. The Bertz CT molecular complexity index is 1400. The number of aromatic nitrogens is 1. The van der Waals surface area contributed by atoms with Crippen LogP contribution in [0, 0.1) is 0 Å². The smallest absolute Gasteiger partial charge is 0.309 e. The lowest BCUT2D eigenvalue weighted by Gasteiger charge is -2.20. The van der Waals surface area contributed by atoms with Gasteiger partial charge in [0.25, 0.3) is 5.01 Å². The first-order valence-corrected chi connectivity index (χ1v) is 13.5. The molecule has 0 saturated heterocycles. The summed E-state index contributed by atoms with van der Waals surface area (Å²) < 4.78 is 13.8. The van der Waals surface area contributed by atoms with Crippen molar-refractivity contribution in [1.29, 1.82) is 0 Å². The van der Waals surface area contributed by atoms with Gasteiger partial charge >= 0.3 is 11.9 Å². The third-order valence-electron chi connectivity index (χ3n) is 6.00. The molecule has 202 valence electrons. The van der Waals surface area contributed by atoms with E-state index in [0.29, 0.717) is 18.8 Å². The third kappa shape index (κ3) is 6.80. The quantitative estimate of drug-likeness (QED) is 0.238. The summed E-state index contributed by atoms with van der Waals surface area (Å²) >= 11 is 3.18. The summed E-state index contributed by atoms with van der Waals surface area (Å²) in [6, 6.07) is 11.6. The average molecular weight is 669 g/mol. The predicted octanol–water partition coefficient (Wildman–Crippen LogP) is 2.41. The maximum atomic E-state index is 11.4. The van der Waals surface area contributed by atoms with E-state index >= 15 is 0 Å². The molecule has 2 heterocycles. The van der Waals surface area contributed by atoms with E-state index in [0.717, 1.165) is 48.6 Å². The Labute approximate surface area is 246 Å². The lowest BCUT2D eigenvalue weighted by Crippen LogP contribution is -3.00. The molecule has 0 bridgehead atoms. The Morgan fingerprint density at radius 2 is 1.71 bits per heavy atom. The number of methoxy groups -OCH3 is 2. The third-order valence-corrected chi connectivity index (χ3v) is 8.21. The van der Waals surface area contributed by atoms with Gasteiger partial charge in [-0.3, -0.25) is 9.59 Å². The highest BCUT2D eigenvalue weighted by molar-refractivity contribution is 8.03. The number of rotatable bonds is 11. The lowest BCUT2D eigenvalue weighted by molar-refractivity contribution is -0.667. The number of thiazole rings is 1. The number of carboxylic acids is 2. The summed E-state index contributed by atoms with van der Waals surface area (Å²) in [7, 11) is 3.23. The number of carbonyl (C=O) groups is 2. The zero-order chi connectivity index (χ0) is 26.5. The molecule has 0 saturated carbocycles. The van der Waals surface area contributed by atoms with Gasteiger partial charge in [-0.05, 0) is 36.3 Å². The number of carboxylic acid groups (broad SMARTS) is 2. The molecular weight excluding hydrogens is 639 g/mol. The number of aliphatic carboxylic acids is 2. The Morgan fingerprint density at radius 3 is 2.37 bits per heavy atom. The van der Waals surface area contributed by atoms with E-state index in [9.17, 15) is 19.8 Å². The number of thioether (sulfide) groups is 1. The summed E-state index contributed by atoms with van der Waals surface area (Å²) in [6.45, 7) is 2.76. The second-order valence-electron chi connectivity index (χ2n) is 8.36. The summed E-state index contributed by atoms with van der Waals surface area (Å²) in [5.74, 6) is -0.241. The van der Waals surface area contributed by atoms with Gasteiger partial charge in [0.2, 0.25) is 5.52 Å². The highest BCUT2D eigenvalue weighted by atomic mass is 127.